The molecule has 0 heterocycles. The van der Waals surface area contributed by atoms with Gasteiger partial charge in [-0.3, -0.25) is 0 Å². The van der Waals surface area contributed by atoms with Crippen LogP contribution in [0.3, 0.4) is 0 Å². The molecule has 0 bridgehead atoms. The van der Waals surface area contributed by atoms with E-state index in [2.05, 4.69) is 5.32 Å². The Balaban J connectivity index is 2.72. The van der Waals surface area contributed by atoms with E-state index in [1.165, 1.54) is 18.2 Å². The molecule has 0 fully saturated rings. The largest absolute Gasteiger partial charge is 0.489 e. The van der Waals surface area contributed by atoms with Crippen molar-refractivity contribution in [2.45, 2.75) is 39.1 Å². The quantitative estimate of drug-likeness (QED) is 0.876. The molecule has 102 valence electrons. The lowest BCUT2D eigenvalue weighted by atomic mass is 10.2. The van der Waals surface area contributed by atoms with E-state index in [-0.39, 0.29) is 17.9 Å². The molecule has 0 saturated heterocycles. The van der Waals surface area contributed by atoms with E-state index in [0.717, 1.165) is 6.07 Å². The summed E-state index contributed by atoms with van der Waals surface area (Å²) in [7, 11) is 0. The normalized spacial score (nSPS) is 13.7. The molecule has 0 aromatic heterocycles. The summed E-state index contributed by atoms with van der Waals surface area (Å²) in [4.78, 5) is 0. The van der Waals surface area contributed by atoms with E-state index in [1.807, 2.05) is 13.8 Å². The van der Waals surface area contributed by atoms with Crippen LogP contribution in [0.15, 0.2) is 24.3 Å². The molecule has 0 radical (unpaired) electrons. The summed E-state index contributed by atoms with van der Waals surface area (Å²) in [5.41, 5.74) is -0.735. The smallest absolute Gasteiger partial charge is 0.419 e. The van der Waals surface area contributed by atoms with Gasteiger partial charge in [0.05, 0.1) is 5.56 Å². The van der Waals surface area contributed by atoms with Gasteiger partial charge in [0.1, 0.15) is 11.9 Å². The van der Waals surface area contributed by atoms with E-state index in [0.29, 0.717) is 6.54 Å². The van der Waals surface area contributed by atoms with E-state index in [4.69, 9.17) is 4.74 Å². The Morgan fingerprint density at radius 3 is 2.33 bits per heavy atom. The average molecular weight is 261 g/mol. The summed E-state index contributed by atoms with van der Waals surface area (Å²) >= 11 is 0. The first-order valence-corrected chi connectivity index (χ1v) is 5.87. The van der Waals surface area contributed by atoms with Gasteiger partial charge in [-0.2, -0.15) is 13.2 Å². The Morgan fingerprint density at radius 1 is 1.17 bits per heavy atom. The Labute approximate surface area is 105 Å². The Kier molecular flexibility index (Phi) is 5.02. The van der Waals surface area contributed by atoms with Crippen LogP contribution >= 0.6 is 0 Å². The summed E-state index contributed by atoms with van der Waals surface area (Å²) in [6, 6.07) is 5.53. The Hall–Kier alpha value is -1.23. The van der Waals surface area contributed by atoms with E-state index >= 15 is 0 Å². The molecular weight excluding hydrogens is 243 g/mol. The van der Waals surface area contributed by atoms with Gasteiger partial charge in [0.15, 0.2) is 0 Å². The lowest BCUT2D eigenvalue weighted by molar-refractivity contribution is -0.139. The number of nitrogens with one attached hydrogen (secondary N) is 1. The second kappa shape index (κ2) is 6.09. The van der Waals surface area contributed by atoms with Gasteiger partial charge in [0.2, 0.25) is 0 Å². The maximum atomic E-state index is 12.7. The monoisotopic (exact) mass is 261 g/mol. The molecule has 5 heteroatoms. The van der Waals surface area contributed by atoms with Crippen LogP contribution < -0.4 is 10.1 Å². The van der Waals surface area contributed by atoms with Gasteiger partial charge in [-0.15, -0.1) is 0 Å². The number of ether oxygens (including phenoxy) is 1. The summed E-state index contributed by atoms with van der Waals surface area (Å²) in [6.07, 6.45) is -4.71. The van der Waals surface area contributed by atoms with E-state index in [1.54, 1.807) is 6.92 Å². The van der Waals surface area contributed by atoms with E-state index in [9.17, 15) is 13.2 Å². The van der Waals surface area contributed by atoms with Crippen LogP contribution in [0.5, 0.6) is 5.75 Å². The summed E-state index contributed by atoms with van der Waals surface area (Å²) < 4.78 is 43.5. The number of halogens is 3. The van der Waals surface area contributed by atoms with Crippen LogP contribution in [0.1, 0.15) is 26.3 Å². The first-order valence-electron chi connectivity index (χ1n) is 5.87. The van der Waals surface area contributed by atoms with Crippen molar-refractivity contribution in [3.8, 4) is 5.75 Å². The third kappa shape index (κ3) is 4.56. The highest BCUT2D eigenvalue weighted by Crippen LogP contribution is 2.36. The van der Waals surface area contributed by atoms with Crippen molar-refractivity contribution >= 4 is 0 Å². The van der Waals surface area contributed by atoms with E-state index < -0.39 is 11.7 Å². The van der Waals surface area contributed by atoms with Gasteiger partial charge in [0.25, 0.3) is 0 Å². The van der Waals surface area contributed by atoms with Crippen LogP contribution in [0.2, 0.25) is 0 Å². The third-order valence-electron chi connectivity index (χ3n) is 2.33. The van der Waals surface area contributed by atoms with Crippen molar-refractivity contribution < 1.29 is 17.9 Å². The first kappa shape index (κ1) is 14.8. The molecule has 0 saturated carbocycles. The molecule has 0 aliphatic carbocycles. The molecular formula is C13H18F3NO. The molecule has 1 aromatic carbocycles. The average Bonchev–Trinajstić information content (AvgIpc) is 2.25. The van der Waals surface area contributed by atoms with Crippen molar-refractivity contribution in [2.24, 2.45) is 0 Å². The number of para-hydroxylation sites is 1. The highest BCUT2D eigenvalue weighted by atomic mass is 19.4. The molecule has 1 N–H and O–H groups in total. The number of rotatable bonds is 5. The fraction of sp³-hybridized carbons (Fsp3) is 0.538. The minimum absolute atomic E-state index is 0.122. The van der Waals surface area contributed by atoms with Gasteiger partial charge in [-0.05, 0) is 19.1 Å². The molecule has 1 rings (SSSR count). The van der Waals surface area contributed by atoms with Crippen molar-refractivity contribution in [2.75, 3.05) is 6.54 Å². The predicted octanol–water partition coefficient (Wildman–Crippen LogP) is 3.47. The van der Waals surface area contributed by atoms with Crippen molar-refractivity contribution in [3.63, 3.8) is 0 Å². The first-order chi connectivity index (χ1) is 8.30. The highest BCUT2D eigenvalue weighted by Gasteiger charge is 2.34. The SMILES string of the molecule is CC(C)NCC(C)Oc1ccccc1C(F)(F)F. The molecule has 0 amide bonds. The molecule has 0 aliphatic heterocycles. The lowest BCUT2D eigenvalue weighted by Crippen LogP contribution is -2.33. The van der Waals surface area contributed by atoms with Crippen LogP contribution in [-0.4, -0.2) is 18.7 Å². The highest BCUT2D eigenvalue weighted by molar-refractivity contribution is 5.35. The molecule has 1 atom stereocenters. The Bertz CT molecular complexity index is 377. The zero-order chi connectivity index (χ0) is 13.8. The van der Waals surface area contributed by atoms with Crippen LogP contribution in [0.4, 0.5) is 13.2 Å². The number of benzene rings is 1. The molecule has 0 aliphatic rings. The standard InChI is InChI=1S/C13H18F3NO/c1-9(2)17-8-10(3)18-12-7-5-4-6-11(12)13(14,15)16/h4-7,9-10,17H,8H2,1-3H3. The maximum absolute atomic E-state index is 12.7. The van der Waals surface area contributed by atoms with Crippen molar-refractivity contribution in [3.05, 3.63) is 29.8 Å². The molecule has 2 nitrogen and oxygen atoms in total. The Morgan fingerprint density at radius 2 is 1.78 bits per heavy atom. The minimum Gasteiger partial charge on any atom is -0.489 e. The number of hydrogen-bond donors (Lipinski definition) is 1. The summed E-state index contributed by atoms with van der Waals surface area (Å²) in [5, 5.41) is 3.12. The van der Waals surface area contributed by atoms with Crippen molar-refractivity contribution in [1.82, 2.24) is 5.32 Å². The molecule has 1 aromatic rings. The fourth-order valence-electron chi connectivity index (χ4n) is 1.46. The zero-order valence-corrected chi connectivity index (χ0v) is 10.7. The minimum atomic E-state index is -4.39. The molecule has 0 spiro atoms. The summed E-state index contributed by atoms with van der Waals surface area (Å²) in [5.74, 6) is -0.122. The lowest BCUT2D eigenvalue weighted by Gasteiger charge is -2.20. The zero-order valence-electron chi connectivity index (χ0n) is 10.7. The van der Waals surface area contributed by atoms with Gasteiger partial charge < -0.3 is 10.1 Å². The van der Waals surface area contributed by atoms with Gasteiger partial charge in [-0.25, -0.2) is 0 Å². The second-order valence-corrected chi connectivity index (χ2v) is 4.49. The summed E-state index contributed by atoms with van der Waals surface area (Å²) in [6.45, 7) is 6.18. The second-order valence-electron chi connectivity index (χ2n) is 4.49. The van der Waals surface area contributed by atoms with Crippen molar-refractivity contribution in [1.29, 1.82) is 0 Å². The topological polar surface area (TPSA) is 21.3 Å². The maximum Gasteiger partial charge on any atom is 0.419 e. The number of alkyl halides is 3. The van der Waals surface area contributed by atoms with Gasteiger partial charge in [0, 0.05) is 12.6 Å². The third-order valence-corrected chi connectivity index (χ3v) is 2.33. The van der Waals surface area contributed by atoms with Crippen LogP contribution in [-0.2, 0) is 6.18 Å². The van der Waals surface area contributed by atoms with Crippen LogP contribution in [0, 0.1) is 0 Å². The van der Waals surface area contributed by atoms with Gasteiger partial charge >= 0.3 is 6.18 Å². The predicted molar refractivity (Wildman–Crippen MR) is 64.7 cm³/mol. The molecule has 1 unspecified atom stereocenters. The van der Waals surface area contributed by atoms with Gasteiger partial charge in [-0.1, -0.05) is 26.0 Å². The van der Waals surface area contributed by atoms with Crippen LogP contribution in [0.25, 0.3) is 0 Å². The fourth-order valence-corrected chi connectivity index (χ4v) is 1.46. The molecule has 18 heavy (non-hydrogen) atoms. The number of hydrogen-bond acceptors (Lipinski definition) is 2.